The Hall–Kier alpha value is -1.84. The SMILES string of the molecule is C/C(CCC(C)C)=N\Nc1nc2ccccc2[nH]1. The van der Waals surface area contributed by atoms with E-state index in [4.69, 9.17) is 0 Å². The summed E-state index contributed by atoms with van der Waals surface area (Å²) in [6.45, 7) is 6.48. The summed E-state index contributed by atoms with van der Waals surface area (Å²) >= 11 is 0. The van der Waals surface area contributed by atoms with Gasteiger partial charge >= 0.3 is 0 Å². The summed E-state index contributed by atoms with van der Waals surface area (Å²) in [6.07, 6.45) is 2.18. The maximum Gasteiger partial charge on any atom is 0.222 e. The molecule has 96 valence electrons. The quantitative estimate of drug-likeness (QED) is 0.621. The number of imidazole rings is 1. The van der Waals surface area contributed by atoms with Gasteiger partial charge in [-0.25, -0.2) is 10.4 Å². The van der Waals surface area contributed by atoms with Crippen LogP contribution < -0.4 is 5.43 Å². The number of aromatic amines is 1. The molecular weight excluding hydrogens is 224 g/mol. The largest absolute Gasteiger partial charge is 0.323 e. The molecule has 0 fully saturated rings. The molecule has 1 aromatic heterocycles. The highest BCUT2D eigenvalue weighted by Crippen LogP contribution is 2.13. The molecule has 0 unspecified atom stereocenters. The van der Waals surface area contributed by atoms with Crippen molar-refractivity contribution < 1.29 is 0 Å². The Balaban J connectivity index is 1.98. The van der Waals surface area contributed by atoms with Crippen LogP contribution in [0.15, 0.2) is 29.4 Å². The van der Waals surface area contributed by atoms with Gasteiger partial charge in [-0.15, -0.1) is 0 Å². The number of hydrogen-bond acceptors (Lipinski definition) is 3. The van der Waals surface area contributed by atoms with Crippen molar-refractivity contribution >= 4 is 22.7 Å². The van der Waals surface area contributed by atoms with Gasteiger partial charge in [0.05, 0.1) is 11.0 Å². The van der Waals surface area contributed by atoms with Gasteiger partial charge in [0.2, 0.25) is 5.95 Å². The van der Waals surface area contributed by atoms with E-state index in [2.05, 4.69) is 34.3 Å². The van der Waals surface area contributed by atoms with E-state index in [-0.39, 0.29) is 0 Å². The molecule has 0 saturated heterocycles. The van der Waals surface area contributed by atoms with E-state index in [1.54, 1.807) is 0 Å². The van der Waals surface area contributed by atoms with Crippen LogP contribution in [-0.2, 0) is 0 Å². The molecule has 4 nitrogen and oxygen atoms in total. The van der Waals surface area contributed by atoms with Crippen LogP contribution in [0.1, 0.15) is 33.6 Å². The molecule has 2 rings (SSSR count). The maximum atomic E-state index is 4.41. The zero-order valence-electron chi connectivity index (χ0n) is 11.2. The first-order valence-electron chi connectivity index (χ1n) is 6.39. The number of para-hydroxylation sites is 2. The third-order valence-corrected chi connectivity index (χ3v) is 2.83. The molecule has 0 bridgehead atoms. The van der Waals surface area contributed by atoms with Gasteiger partial charge in [0.15, 0.2) is 0 Å². The van der Waals surface area contributed by atoms with Crippen molar-refractivity contribution in [2.75, 3.05) is 5.43 Å². The number of rotatable bonds is 5. The van der Waals surface area contributed by atoms with Crippen LogP contribution >= 0.6 is 0 Å². The summed E-state index contributed by atoms with van der Waals surface area (Å²) in [5.41, 5.74) is 6.06. The molecule has 0 aliphatic heterocycles. The highest BCUT2D eigenvalue weighted by Gasteiger charge is 2.01. The lowest BCUT2D eigenvalue weighted by molar-refractivity contribution is 0.602. The van der Waals surface area contributed by atoms with Gasteiger partial charge in [-0.3, -0.25) is 0 Å². The first-order chi connectivity index (χ1) is 8.65. The molecule has 0 aliphatic rings. The van der Waals surface area contributed by atoms with E-state index in [1.165, 1.54) is 0 Å². The number of H-pyrrole nitrogens is 1. The minimum Gasteiger partial charge on any atom is -0.323 e. The van der Waals surface area contributed by atoms with Gasteiger partial charge in [0.25, 0.3) is 0 Å². The topological polar surface area (TPSA) is 53.1 Å². The molecule has 0 radical (unpaired) electrons. The Labute approximate surface area is 108 Å². The summed E-state index contributed by atoms with van der Waals surface area (Å²) in [6, 6.07) is 7.95. The van der Waals surface area contributed by atoms with E-state index >= 15 is 0 Å². The van der Waals surface area contributed by atoms with Crippen molar-refractivity contribution in [3.05, 3.63) is 24.3 Å². The molecule has 1 aromatic carbocycles. The molecule has 18 heavy (non-hydrogen) atoms. The van der Waals surface area contributed by atoms with E-state index in [0.29, 0.717) is 11.9 Å². The Morgan fingerprint density at radius 3 is 2.89 bits per heavy atom. The molecule has 1 heterocycles. The second-order valence-electron chi connectivity index (χ2n) is 4.99. The van der Waals surface area contributed by atoms with Crippen molar-refractivity contribution in [3.8, 4) is 0 Å². The van der Waals surface area contributed by atoms with E-state index in [1.807, 2.05) is 31.2 Å². The zero-order valence-corrected chi connectivity index (χ0v) is 11.2. The molecular formula is C14H20N4. The third-order valence-electron chi connectivity index (χ3n) is 2.83. The second-order valence-corrected chi connectivity index (χ2v) is 4.99. The lowest BCUT2D eigenvalue weighted by Gasteiger charge is -2.03. The number of nitrogens with one attached hydrogen (secondary N) is 2. The zero-order chi connectivity index (χ0) is 13.0. The maximum absolute atomic E-state index is 4.41. The van der Waals surface area contributed by atoms with Crippen molar-refractivity contribution in [1.29, 1.82) is 0 Å². The van der Waals surface area contributed by atoms with Crippen LogP contribution in [0.25, 0.3) is 11.0 Å². The molecule has 2 N–H and O–H groups in total. The number of hydrogen-bond donors (Lipinski definition) is 2. The fourth-order valence-corrected chi connectivity index (χ4v) is 1.71. The van der Waals surface area contributed by atoms with Crippen LogP contribution in [0, 0.1) is 5.92 Å². The molecule has 0 atom stereocenters. The van der Waals surface area contributed by atoms with Gasteiger partial charge in [0.1, 0.15) is 0 Å². The van der Waals surface area contributed by atoms with Gasteiger partial charge in [-0.05, 0) is 37.8 Å². The number of benzene rings is 1. The van der Waals surface area contributed by atoms with E-state index < -0.39 is 0 Å². The lowest BCUT2D eigenvalue weighted by atomic mass is 10.1. The standard InChI is InChI=1S/C14H20N4/c1-10(2)8-9-11(3)17-18-14-15-12-6-4-5-7-13(12)16-14/h4-7,10H,8-9H2,1-3H3,(H2,15,16,18)/b17-11+. The fourth-order valence-electron chi connectivity index (χ4n) is 1.71. The van der Waals surface area contributed by atoms with Crippen molar-refractivity contribution in [3.63, 3.8) is 0 Å². The van der Waals surface area contributed by atoms with Crippen molar-refractivity contribution in [2.45, 2.75) is 33.6 Å². The molecule has 4 heteroatoms. The fraction of sp³-hybridized carbons (Fsp3) is 0.429. The first-order valence-corrected chi connectivity index (χ1v) is 6.39. The number of fused-ring (bicyclic) bond motifs is 1. The summed E-state index contributed by atoms with van der Waals surface area (Å²) in [5, 5.41) is 4.33. The minimum absolute atomic E-state index is 0.695. The molecule has 0 aliphatic carbocycles. The molecule has 0 saturated carbocycles. The Morgan fingerprint density at radius 1 is 1.39 bits per heavy atom. The van der Waals surface area contributed by atoms with Crippen molar-refractivity contribution in [2.24, 2.45) is 11.0 Å². The molecule has 0 spiro atoms. The normalized spacial score (nSPS) is 12.3. The van der Waals surface area contributed by atoms with Crippen LogP contribution in [-0.4, -0.2) is 15.7 Å². The summed E-state index contributed by atoms with van der Waals surface area (Å²) in [7, 11) is 0. The average molecular weight is 244 g/mol. The van der Waals surface area contributed by atoms with E-state index in [0.717, 1.165) is 29.6 Å². The van der Waals surface area contributed by atoms with Crippen LogP contribution in [0.5, 0.6) is 0 Å². The Morgan fingerprint density at radius 2 is 2.17 bits per heavy atom. The number of anilines is 1. The third kappa shape index (κ3) is 3.32. The van der Waals surface area contributed by atoms with Gasteiger partial charge in [0, 0.05) is 5.71 Å². The van der Waals surface area contributed by atoms with Gasteiger partial charge in [-0.2, -0.15) is 5.10 Å². The number of hydrazone groups is 1. The number of aromatic nitrogens is 2. The second kappa shape index (κ2) is 5.67. The average Bonchev–Trinajstić information content (AvgIpc) is 2.76. The van der Waals surface area contributed by atoms with Crippen LogP contribution in [0.2, 0.25) is 0 Å². The predicted molar refractivity (Wildman–Crippen MR) is 76.9 cm³/mol. The first kappa shape index (κ1) is 12.6. The summed E-state index contributed by atoms with van der Waals surface area (Å²) in [5.74, 6) is 1.40. The number of nitrogens with zero attached hydrogens (tertiary/aromatic N) is 2. The lowest BCUT2D eigenvalue weighted by Crippen LogP contribution is -2.00. The highest BCUT2D eigenvalue weighted by atomic mass is 15.4. The van der Waals surface area contributed by atoms with Gasteiger partial charge < -0.3 is 4.98 Å². The summed E-state index contributed by atoms with van der Waals surface area (Å²) < 4.78 is 0. The van der Waals surface area contributed by atoms with Crippen LogP contribution in [0.3, 0.4) is 0 Å². The monoisotopic (exact) mass is 244 g/mol. The van der Waals surface area contributed by atoms with Gasteiger partial charge in [-0.1, -0.05) is 26.0 Å². The van der Waals surface area contributed by atoms with Crippen LogP contribution in [0.4, 0.5) is 5.95 Å². The molecule has 0 amide bonds. The van der Waals surface area contributed by atoms with Crippen molar-refractivity contribution in [1.82, 2.24) is 9.97 Å². The highest BCUT2D eigenvalue weighted by molar-refractivity contribution is 5.83. The summed E-state index contributed by atoms with van der Waals surface area (Å²) in [4.78, 5) is 7.59. The smallest absolute Gasteiger partial charge is 0.222 e. The Bertz CT molecular complexity index is 506. The Kier molecular flexibility index (Phi) is 3.97. The van der Waals surface area contributed by atoms with E-state index in [9.17, 15) is 0 Å². The molecule has 2 aromatic rings. The predicted octanol–water partition coefficient (Wildman–Crippen LogP) is 3.79. The minimum atomic E-state index is 0.695.